The van der Waals surface area contributed by atoms with Crippen LogP contribution in [0.5, 0.6) is 0 Å². The van der Waals surface area contributed by atoms with Gasteiger partial charge in [0.25, 0.3) is 5.66 Å². The fraction of sp³-hybridized carbons (Fsp3) is 0.800. The average molecular weight is 217 g/mol. The minimum atomic E-state index is -1.24. The summed E-state index contributed by atoms with van der Waals surface area (Å²) >= 11 is 0. The summed E-state index contributed by atoms with van der Waals surface area (Å²) < 4.78 is 0.162. The van der Waals surface area contributed by atoms with E-state index in [1.54, 1.807) is 21.1 Å². The van der Waals surface area contributed by atoms with Crippen LogP contribution in [-0.4, -0.2) is 48.3 Å². The molecular weight excluding hydrogens is 196 g/mol. The van der Waals surface area contributed by atoms with Crippen molar-refractivity contribution < 1.29 is 19.2 Å². The van der Waals surface area contributed by atoms with Crippen LogP contribution in [0.3, 0.4) is 0 Å². The number of amides is 1. The Labute approximate surface area is 90.7 Å². The lowest BCUT2D eigenvalue weighted by Crippen LogP contribution is -2.70. The van der Waals surface area contributed by atoms with Crippen molar-refractivity contribution in [1.82, 2.24) is 5.32 Å². The molecule has 5 heteroatoms. The van der Waals surface area contributed by atoms with E-state index in [4.69, 9.17) is 0 Å². The van der Waals surface area contributed by atoms with Gasteiger partial charge in [0.05, 0.1) is 21.1 Å². The van der Waals surface area contributed by atoms with E-state index < -0.39 is 11.6 Å². The first-order valence-corrected chi connectivity index (χ1v) is 5.01. The van der Waals surface area contributed by atoms with Gasteiger partial charge in [0, 0.05) is 13.3 Å². The van der Waals surface area contributed by atoms with Crippen molar-refractivity contribution in [3.05, 3.63) is 0 Å². The highest BCUT2D eigenvalue weighted by Crippen LogP contribution is 2.22. The summed E-state index contributed by atoms with van der Waals surface area (Å²) in [7, 11) is 5.29. The molecular formula is C10H21N2O3+. The molecule has 0 saturated carbocycles. The Bertz CT molecular complexity index is 258. The van der Waals surface area contributed by atoms with Gasteiger partial charge in [-0.15, -0.1) is 0 Å². The molecule has 0 aliphatic carbocycles. The number of carboxylic acid groups (broad SMARTS) is 1. The highest BCUT2D eigenvalue weighted by molar-refractivity contribution is 5.84. The molecule has 2 N–H and O–H groups in total. The van der Waals surface area contributed by atoms with Crippen LogP contribution < -0.4 is 5.32 Å². The van der Waals surface area contributed by atoms with E-state index in [0.29, 0.717) is 12.8 Å². The first-order valence-electron chi connectivity index (χ1n) is 5.01. The average Bonchev–Trinajstić information content (AvgIpc) is 1.99. The molecule has 0 radical (unpaired) electrons. The summed E-state index contributed by atoms with van der Waals surface area (Å²) in [4.78, 5) is 22.5. The number of rotatable bonds is 5. The van der Waals surface area contributed by atoms with Gasteiger partial charge in [-0.2, -0.15) is 0 Å². The number of aliphatic carboxylic acids is 1. The van der Waals surface area contributed by atoms with Gasteiger partial charge in [-0.05, 0) is 6.42 Å². The Morgan fingerprint density at radius 2 is 1.80 bits per heavy atom. The summed E-state index contributed by atoms with van der Waals surface area (Å²) in [5.41, 5.74) is -1.24. The molecule has 0 spiro atoms. The normalized spacial score (nSPS) is 15.5. The van der Waals surface area contributed by atoms with E-state index in [1.807, 2.05) is 6.92 Å². The monoisotopic (exact) mass is 217 g/mol. The topological polar surface area (TPSA) is 66.4 Å². The number of hydrogen-bond acceptors (Lipinski definition) is 2. The Kier molecular flexibility index (Phi) is 4.27. The zero-order valence-electron chi connectivity index (χ0n) is 10.1. The second-order valence-corrected chi connectivity index (χ2v) is 4.61. The van der Waals surface area contributed by atoms with Crippen molar-refractivity contribution in [3.8, 4) is 0 Å². The first-order chi connectivity index (χ1) is 6.67. The maximum absolute atomic E-state index is 11.4. The van der Waals surface area contributed by atoms with Crippen molar-refractivity contribution in [2.45, 2.75) is 32.4 Å². The van der Waals surface area contributed by atoms with E-state index in [9.17, 15) is 14.7 Å². The van der Waals surface area contributed by atoms with Gasteiger partial charge in [0.15, 0.2) is 0 Å². The van der Waals surface area contributed by atoms with Gasteiger partial charge in [0.1, 0.15) is 0 Å². The van der Waals surface area contributed by atoms with Gasteiger partial charge in [-0.25, -0.2) is 4.79 Å². The summed E-state index contributed by atoms with van der Waals surface area (Å²) in [6.45, 7) is 3.23. The number of carboxylic acids is 1. The summed E-state index contributed by atoms with van der Waals surface area (Å²) in [6, 6.07) is 0. The Balaban J connectivity index is 5.27. The van der Waals surface area contributed by atoms with Gasteiger partial charge in [-0.1, -0.05) is 6.92 Å². The van der Waals surface area contributed by atoms with E-state index in [0.717, 1.165) is 0 Å². The number of quaternary nitrogens is 1. The predicted molar refractivity (Wildman–Crippen MR) is 57.1 cm³/mol. The largest absolute Gasteiger partial charge is 0.475 e. The van der Waals surface area contributed by atoms with Crippen LogP contribution in [0, 0.1) is 0 Å². The highest BCUT2D eigenvalue weighted by Gasteiger charge is 2.50. The molecule has 0 aromatic rings. The Morgan fingerprint density at radius 1 is 1.33 bits per heavy atom. The van der Waals surface area contributed by atoms with Crippen molar-refractivity contribution >= 4 is 11.9 Å². The molecule has 5 nitrogen and oxygen atoms in total. The number of nitrogens with zero attached hydrogens (tertiary/aromatic N) is 1. The van der Waals surface area contributed by atoms with Gasteiger partial charge < -0.3 is 5.11 Å². The van der Waals surface area contributed by atoms with E-state index in [1.165, 1.54) is 6.92 Å². The predicted octanol–water partition coefficient (Wildman–Crippen LogP) is 0.410. The molecule has 0 fully saturated rings. The van der Waals surface area contributed by atoms with Crippen LogP contribution >= 0.6 is 0 Å². The molecule has 1 unspecified atom stereocenters. The smallest absolute Gasteiger partial charge is 0.388 e. The fourth-order valence-corrected chi connectivity index (χ4v) is 1.67. The van der Waals surface area contributed by atoms with Crippen LogP contribution in [0.15, 0.2) is 0 Å². The summed E-state index contributed by atoms with van der Waals surface area (Å²) in [5.74, 6) is -1.31. The van der Waals surface area contributed by atoms with Crippen molar-refractivity contribution in [3.63, 3.8) is 0 Å². The van der Waals surface area contributed by atoms with E-state index >= 15 is 0 Å². The van der Waals surface area contributed by atoms with Gasteiger partial charge >= 0.3 is 5.97 Å². The van der Waals surface area contributed by atoms with Crippen molar-refractivity contribution in [2.75, 3.05) is 21.1 Å². The molecule has 0 aromatic heterocycles. The van der Waals surface area contributed by atoms with Crippen LogP contribution in [-0.2, 0) is 9.59 Å². The van der Waals surface area contributed by atoms with Crippen molar-refractivity contribution in [1.29, 1.82) is 0 Å². The summed E-state index contributed by atoms with van der Waals surface area (Å²) in [5, 5.41) is 11.9. The quantitative estimate of drug-likeness (QED) is 0.518. The number of likely N-dealkylation sites (N-methyl/N-ethyl adjacent to an activating group) is 1. The lowest BCUT2D eigenvalue weighted by molar-refractivity contribution is -0.917. The van der Waals surface area contributed by atoms with Crippen LogP contribution in [0.4, 0.5) is 0 Å². The maximum Gasteiger partial charge on any atom is 0.388 e. The molecule has 0 aromatic carbocycles. The molecule has 0 bridgehead atoms. The van der Waals surface area contributed by atoms with Crippen LogP contribution in [0.25, 0.3) is 0 Å². The molecule has 0 aliphatic rings. The standard InChI is InChI=1S/C10H20N2O3/c1-6-7-10(9(14)15,11-8(2)13)12(3,4)5/h6-7H2,1-5H3,(H-,11,13,14,15)/p+1. The number of nitrogens with one attached hydrogen (secondary N) is 1. The molecule has 0 aliphatic heterocycles. The maximum atomic E-state index is 11.4. The summed E-state index contributed by atoms with van der Waals surface area (Å²) in [6.07, 6.45) is 1.10. The van der Waals surface area contributed by atoms with E-state index in [-0.39, 0.29) is 10.4 Å². The first kappa shape index (κ1) is 13.9. The van der Waals surface area contributed by atoms with Gasteiger partial charge in [0.2, 0.25) is 5.91 Å². The zero-order chi connectivity index (χ0) is 12.3. The number of hydrogen-bond donors (Lipinski definition) is 2. The van der Waals surface area contributed by atoms with Crippen molar-refractivity contribution in [2.24, 2.45) is 0 Å². The SMILES string of the molecule is CCCC(NC(C)=O)(C(=O)O)[N+](C)(C)C. The molecule has 88 valence electrons. The Morgan fingerprint density at radius 3 is 2.00 bits per heavy atom. The molecule has 15 heavy (non-hydrogen) atoms. The van der Waals surface area contributed by atoms with E-state index in [2.05, 4.69) is 5.32 Å². The van der Waals surface area contributed by atoms with Crippen LogP contribution in [0.1, 0.15) is 26.7 Å². The number of carbonyl (C=O) groups excluding carboxylic acids is 1. The van der Waals surface area contributed by atoms with Crippen LogP contribution in [0.2, 0.25) is 0 Å². The fourth-order valence-electron chi connectivity index (χ4n) is 1.67. The molecule has 0 heterocycles. The second-order valence-electron chi connectivity index (χ2n) is 4.61. The lowest BCUT2D eigenvalue weighted by atomic mass is 10.0. The highest BCUT2D eigenvalue weighted by atomic mass is 16.4. The minimum absolute atomic E-state index is 0.162. The van der Waals surface area contributed by atoms with Gasteiger partial charge in [-0.3, -0.25) is 14.6 Å². The zero-order valence-corrected chi connectivity index (χ0v) is 10.1. The molecule has 1 atom stereocenters. The third-order valence-electron chi connectivity index (χ3n) is 2.49. The molecule has 0 saturated heterocycles. The number of carbonyl (C=O) groups is 2. The minimum Gasteiger partial charge on any atom is -0.475 e. The second kappa shape index (κ2) is 4.61. The molecule has 1 amide bonds. The Hall–Kier alpha value is -1.10. The molecule has 0 rings (SSSR count). The third-order valence-corrected chi connectivity index (χ3v) is 2.49. The lowest BCUT2D eigenvalue weighted by Gasteiger charge is -2.42. The third kappa shape index (κ3) is 2.92.